The molecule has 5 nitrogen and oxygen atoms in total. The molecule has 2 fully saturated rings. The van der Waals surface area contributed by atoms with Crippen LogP contribution in [0.15, 0.2) is 0 Å². The van der Waals surface area contributed by atoms with Gasteiger partial charge in [-0.25, -0.2) is 0 Å². The lowest BCUT2D eigenvalue weighted by atomic mass is 9.95. The molecule has 0 aromatic rings. The van der Waals surface area contributed by atoms with Gasteiger partial charge in [-0.15, -0.1) is 0 Å². The van der Waals surface area contributed by atoms with E-state index in [0.29, 0.717) is 18.1 Å². The van der Waals surface area contributed by atoms with Crippen LogP contribution >= 0.6 is 12.2 Å². The Morgan fingerprint density at radius 3 is 2.61 bits per heavy atom. The molecular weight excluding hydrogens is 250 g/mol. The first kappa shape index (κ1) is 13.3. The topological polar surface area (TPSA) is 75.4 Å². The van der Waals surface area contributed by atoms with E-state index >= 15 is 0 Å². The van der Waals surface area contributed by atoms with Gasteiger partial charge in [-0.2, -0.15) is 0 Å². The van der Waals surface area contributed by atoms with Crippen LogP contribution in [0.25, 0.3) is 0 Å². The number of nitrogens with one attached hydrogen (secondary N) is 1. The van der Waals surface area contributed by atoms with Crippen LogP contribution in [0.1, 0.15) is 25.7 Å². The second-order valence-corrected chi connectivity index (χ2v) is 5.59. The van der Waals surface area contributed by atoms with Crippen molar-refractivity contribution < 1.29 is 9.59 Å². The molecule has 18 heavy (non-hydrogen) atoms. The predicted octanol–water partition coefficient (Wildman–Crippen LogP) is 0.0373. The zero-order valence-corrected chi connectivity index (χ0v) is 11.4. The lowest BCUT2D eigenvalue weighted by Gasteiger charge is -2.34. The van der Waals surface area contributed by atoms with Crippen molar-refractivity contribution in [2.24, 2.45) is 17.1 Å². The molecule has 0 bridgehead atoms. The van der Waals surface area contributed by atoms with Crippen molar-refractivity contribution in [3.05, 3.63) is 0 Å². The molecule has 0 radical (unpaired) electrons. The number of nitrogens with zero attached hydrogens (tertiary/aromatic N) is 1. The minimum absolute atomic E-state index is 0.00710. The molecule has 2 aliphatic rings. The molecule has 0 spiro atoms. The van der Waals surface area contributed by atoms with Gasteiger partial charge in [0.2, 0.25) is 11.8 Å². The maximum absolute atomic E-state index is 12.4. The summed E-state index contributed by atoms with van der Waals surface area (Å²) in [6.07, 6.45) is 3.20. The van der Waals surface area contributed by atoms with Crippen molar-refractivity contribution in [2.45, 2.75) is 25.7 Å². The third-order valence-corrected chi connectivity index (χ3v) is 4.35. The summed E-state index contributed by atoms with van der Waals surface area (Å²) in [6.45, 7) is 1.19. The fraction of sp³-hybridized carbons (Fsp3) is 0.750. The van der Waals surface area contributed by atoms with Crippen molar-refractivity contribution in [3.63, 3.8) is 0 Å². The molecule has 2 rings (SSSR count). The smallest absolute Gasteiger partial charge is 0.235 e. The summed E-state index contributed by atoms with van der Waals surface area (Å²) < 4.78 is 0. The number of carbonyl (C=O) groups excluding carboxylic acids is 2. The van der Waals surface area contributed by atoms with Gasteiger partial charge in [-0.3, -0.25) is 9.59 Å². The summed E-state index contributed by atoms with van der Waals surface area (Å²) in [5, 5.41) is 2.64. The number of likely N-dealkylation sites (tertiary alicyclic amines) is 1. The van der Waals surface area contributed by atoms with Gasteiger partial charge in [0.15, 0.2) is 0 Å². The Bertz CT molecular complexity index is 393. The maximum atomic E-state index is 12.4. The van der Waals surface area contributed by atoms with Crippen molar-refractivity contribution in [3.8, 4) is 0 Å². The molecule has 100 valence electrons. The zero-order chi connectivity index (χ0) is 13.3. The van der Waals surface area contributed by atoms with E-state index in [1.165, 1.54) is 0 Å². The van der Waals surface area contributed by atoms with E-state index in [-0.39, 0.29) is 17.7 Å². The van der Waals surface area contributed by atoms with E-state index < -0.39 is 5.41 Å². The highest BCUT2D eigenvalue weighted by atomic mass is 32.1. The van der Waals surface area contributed by atoms with Crippen LogP contribution in [0, 0.1) is 11.3 Å². The van der Waals surface area contributed by atoms with E-state index in [9.17, 15) is 9.59 Å². The first-order valence-electron chi connectivity index (χ1n) is 6.32. The molecule has 1 aliphatic heterocycles. The van der Waals surface area contributed by atoms with Crippen LogP contribution in [0.4, 0.5) is 0 Å². The standard InChI is InChI=1S/C12H19N3O2S/c1-14-9(16)8-3-2-6-15(7-8)11(17)12(4-5-12)10(13)18/h8H,2-7H2,1H3,(H2,13,18)(H,14,16). The molecule has 2 amide bonds. The molecule has 6 heteroatoms. The molecule has 1 saturated heterocycles. The van der Waals surface area contributed by atoms with Crippen molar-refractivity contribution in [1.29, 1.82) is 0 Å². The van der Waals surface area contributed by atoms with Gasteiger partial charge >= 0.3 is 0 Å². The lowest BCUT2D eigenvalue weighted by Crippen LogP contribution is -2.49. The molecule has 1 heterocycles. The normalized spacial score (nSPS) is 25.4. The number of piperidine rings is 1. The SMILES string of the molecule is CNC(=O)C1CCCN(C(=O)C2(C(N)=S)CC2)C1. The summed E-state index contributed by atoms with van der Waals surface area (Å²) in [6, 6.07) is 0. The van der Waals surface area contributed by atoms with Crippen molar-refractivity contribution >= 4 is 29.0 Å². The Morgan fingerprint density at radius 1 is 1.44 bits per heavy atom. The van der Waals surface area contributed by atoms with Crippen molar-refractivity contribution in [1.82, 2.24) is 10.2 Å². The minimum Gasteiger partial charge on any atom is -0.392 e. The van der Waals surface area contributed by atoms with Gasteiger partial charge in [-0.1, -0.05) is 12.2 Å². The van der Waals surface area contributed by atoms with E-state index in [1.54, 1.807) is 11.9 Å². The summed E-state index contributed by atoms with van der Waals surface area (Å²) in [4.78, 5) is 26.1. The van der Waals surface area contributed by atoms with Crippen LogP contribution in [-0.4, -0.2) is 41.8 Å². The fourth-order valence-electron chi connectivity index (χ4n) is 2.57. The Kier molecular flexibility index (Phi) is 3.56. The Hall–Kier alpha value is -1.17. The third-order valence-electron chi connectivity index (χ3n) is 3.96. The van der Waals surface area contributed by atoms with Crippen LogP contribution in [0.2, 0.25) is 0 Å². The zero-order valence-electron chi connectivity index (χ0n) is 10.6. The van der Waals surface area contributed by atoms with Crippen LogP contribution in [-0.2, 0) is 9.59 Å². The maximum Gasteiger partial charge on any atom is 0.235 e. The van der Waals surface area contributed by atoms with Crippen LogP contribution in [0.3, 0.4) is 0 Å². The number of amides is 2. The molecule has 0 aromatic carbocycles. The summed E-state index contributed by atoms with van der Waals surface area (Å²) >= 11 is 4.99. The molecule has 1 aliphatic carbocycles. The number of nitrogens with two attached hydrogens (primary N) is 1. The molecule has 1 saturated carbocycles. The summed E-state index contributed by atoms with van der Waals surface area (Å²) in [5.74, 6) is -0.0777. The number of rotatable bonds is 3. The monoisotopic (exact) mass is 269 g/mol. The molecule has 1 atom stereocenters. The molecule has 0 aromatic heterocycles. The summed E-state index contributed by atoms with van der Waals surface area (Å²) in [5.41, 5.74) is 5.07. The van der Waals surface area contributed by atoms with Gasteiger partial charge in [0.05, 0.1) is 16.3 Å². The highest BCUT2D eigenvalue weighted by molar-refractivity contribution is 7.80. The number of hydrogen-bond acceptors (Lipinski definition) is 3. The highest BCUT2D eigenvalue weighted by Crippen LogP contribution is 2.48. The van der Waals surface area contributed by atoms with E-state index in [2.05, 4.69) is 5.32 Å². The second kappa shape index (κ2) is 4.84. The van der Waals surface area contributed by atoms with Crippen LogP contribution in [0.5, 0.6) is 0 Å². The molecule has 3 N–H and O–H groups in total. The van der Waals surface area contributed by atoms with Gasteiger partial charge in [0, 0.05) is 20.1 Å². The van der Waals surface area contributed by atoms with E-state index in [1.807, 2.05) is 0 Å². The average molecular weight is 269 g/mol. The number of hydrogen-bond donors (Lipinski definition) is 2. The second-order valence-electron chi connectivity index (χ2n) is 5.15. The fourth-order valence-corrected chi connectivity index (χ4v) is 2.86. The highest BCUT2D eigenvalue weighted by Gasteiger charge is 2.54. The Balaban J connectivity index is 2.03. The van der Waals surface area contributed by atoms with Crippen LogP contribution < -0.4 is 11.1 Å². The largest absolute Gasteiger partial charge is 0.392 e. The molecular formula is C12H19N3O2S. The first-order chi connectivity index (χ1) is 8.51. The van der Waals surface area contributed by atoms with Crippen molar-refractivity contribution in [2.75, 3.05) is 20.1 Å². The average Bonchev–Trinajstić information content (AvgIpc) is 3.18. The van der Waals surface area contributed by atoms with Gasteiger partial charge in [-0.05, 0) is 25.7 Å². The summed E-state index contributed by atoms with van der Waals surface area (Å²) in [7, 11) is 1.63. The quantitative estimate of drug-likeness (QED) is 0.709. The lowest BCUT2D eigenvalue weighted by molar-refractivity contribution is -0.138. The Labute approximate surface area is 112 Å². The van der Waals surface area contributed by atoms with Gasteiger partial charge < -0.3 is 16.0 Å². The van der Waals surface area contributed by atoms with Gasteiger partial charge in [0.25, 0.3) is 0 Å². The van der Waals surface area contributed by atoms with E-state index in [4.69, 9.17) is 18.0 Å². The van der Waals surface area contributed by atoms with E-state index in [0.717, 1.165) is 25.7 Å². The number of carbonyl (C=O) groups is 2. The predicted molar refractivity (Wildman–Crippen MR) is 71.8 cm³/mol. The Morgan fingerprint density at radius 2 is 2.11 bits per heavy atom. The molecule has 1 unspecified atom stereocenters. The third kappa shape index (κ3) is 2.21. The number of thiocarbonyl (C=S) groups is 1. The minimum atomic E-state index is -0.597. The van der Waals surface area contributed by atoms with Gasteiger partial charge in [0.1, 0.15) is 0 Å². The first-order valence-corrected chi connectivity index (χ1v) is 6.73.